The Morgan fingerprint density at radius 2 is 2.38 bits per heavy atom. The first-order chi connectivity index (χ1) is 7.69. The van der Waals surface area contributed by atoms with Gasteiger partial charge in [-0.25, -0.2) is 4.79 Å². The van der Waals surface area contributed by atoms with Gasteiger partial charge in [0.15, 0.2) is 0 Å². The number of hydrogen-bond acceptors (Lipinski definition) is 3. The van der Waals surface area contributed by atoms with E-state index in [4.69, 9.17) is 15.1 Å². The molecule has 0 aliphatic heterocycles. The molecule has 1 aromatic carbocycles. The summed E-state index contributed by atoms with van der Waals surface area (Å²) in [5.41, 5.74) is 0.928. The van der Waals surface area contributed by atoms with Crippen LogP contribution in [0.5, 0.6) is 5.75 Å². The van der Waals surface area contributed by atoms with Gasteiger partial charge in [0.25, 0.3) is 0 Å². The van der Waals surface area contributed by atoms with E-state index in [0.29, 0.717) is 12.2 Å². The van der Waals surface area contributed by atoms with Crippen LogP contribution in [0.4, 0.5) is 0 Å². The average Bonchev–Trinajstić information content (AvgIpc) is 2.29. The summed E-state index contributed by atoms with van der Waals surface area (Å²) in [6, 6.07) is 6.75. The van der Waals surface area contributed by atoms with E-state index in [0.717, 1.165) is 5.56 Å². The Morgan fingerprint density at radius 3 is 2.94 bits per heavy atom. The molecule has 4 heteroatoms. The van der Waals surface area contributed by atoms with Crippen LogP contribution >= 0.6 is 0 Å². The zero-order chi connectivity index (χ0) is 12.0. The number of carboxylic acids is 1. The Bertz CT molecular complexity index is 458. The number of nitriles is 1. The Morgan fingerprint density at radius 1 is 1.62 bits per heavy atom. The lowest BCUT2D eigenvalue weighted by Gasteiger charge is -2.05. The van der Waals surface area contributed by atoms with E-state index in [1.165, 1.54) is 13.2 Å². The maximum atomic E-state index is 10.8. The Kier molecular flexibility index (Phi) is 4.10. The highest BCUT2D eigenvalue weighted by molar-refractivity contribution is 5.91. The van der Waals surface area contributed by atoms with Crippen molar-refractivity contribution < 1.29 is 14.6 Å². The molecule has 0 spiro atoms. The van der Waals surface area contributed by atoms with Crippen molar-refractivity contribution in [2.24, 2.45) is 0 Å². The highest BCUT2D eigenvalue weighted by Crippen LogP contribution is 2.20. The predicted octanol–water partition coefficient (Wildman–Crippen LogP) is 2.32. The van der Waals surface area contributed by atoms with Crippen LogP contribution in [0.1, 0.15) is 22.3 Å². The van der Waals surface area contributed by atoms with E-state index in [2.05, 4.69) is 0 Å². The second-order valence-corrected chi connectivity index (χ2v) is 3.03. The second kappa shape index (κ2) is 5.56. The molecule has 0 fully saturated rings. The third-order valence-corrected chi connectivity index (χ3v) is 1.98. The number of carbonyl (C=O) groups is 1. The predicted molar refractivity (Wildman–Crippen MR) is 59.2 cm³/mol. The van der Waals surface area contributed by atoms with Crippen LogP contribution in [0, 0.1) is 11.3 Å². The summed E-state index contributed by atoms with van der Waals surface area (Å²) in [7, 11) is 1.42. The Labute approximate surface area is 93.4 Å². The van der Waals surface area contributed by atoms with Gasteiger partial charge in [0, 0.05) is 0 Å². The summed E-state index contributed by atoms with van der Waals surface area (Å²) in [5, 5.41) is 17.2. The first-order valence-electron chi connectivity index (χ1n) is 4.64. The van der Waals surface area contributed by atoms with E-state index < -0.39 is 5.97 Å². The number of aromatic carboxylic acids is 1. The number of methoxy groups -OCH3 is 1. The van der Waals surface area contributed by atoms with Crippen LogP contribution < -0.4 is 4.74 Å². The molecule has 0 radical (unpaired) electrons. The summed E-state index contributed by atoms with van der Waals surface area (Å²) >= 11 is 0. The summed E-state index contributed by atoms with van der Waals surface area (Å²) in [5.74, 6) is -0.712. The van der Waals surface area contributed by atoms with Gasteiger partial charge in [-0.05, 0) is 17.7 Å². The average molecular weight is 217 g/mol. The Balaban J connectivity index is 3.00. The van der Waals surface area contributed by atoms with Gasteiger partial charge in [0.05, 0.1) is 19.6 Å². The minimum atomic E-state index is -1.02. The first-order valence-corrected chi connectivity index (χ1v) is 4.64. The van der Waals surface area contributed by atoms with Crippen LogP contribution in [-0.4, -0.2) is 18.2 Å². The van der Waals surface area contributed by atoms with E-state index in [1.54, 1.807) is 24.3 Å². The minimum Gasteiger partial charge on any atom is -0.496 e. The third kappa shape index (κ3) is 2.85. The standard InChI is InChI=1S/C12H11NO3/c1-16-11-8-9(4-2-3-7-13)5-6-10(11)12(14)15/h2,4-6,8H,3H2,1H3,(H,14,15). The fourth-order valence-electron chi connectivity index (χ4n) is 1.24. The molecular weight excluding hydrogens is 206 g/mol. The van der Waals surface area contributed by atoms with Crippen molar-refractivity contribution >= 4 is 12.0 Å². The number of ether oxygens (including phenoxy) is 1. The molecule has 1 aromatic rings. The molecule has 0 saturated heterocycles. The summed E-state index contributed by atoms with van der Waals surface area (Å²) < 4.78 is 4.97. The third-order valence-electron chi connectivity index (χ3n) is 1.98. The quantitative estimate of drug-likeness (QED) is 0.840. The summed E-state index contributed by atoms with van der Waals surface area (Å²) in [4.78, 5) is 10.8. The van der Waals surface area contributed by atoms with Gasteiger partial charge >= 0.3 is 5.97 Å². The maximum absolute atomic E-state index is 10.8. The zero-order valence-electron chi connectivity index (χ0n) is 8.80. The van der Waals surface area contributed by atoms with Crippen LogP contribution in [0.2, 0.25) is 0 Å². The molecule has 0 aliphatic carbocycles. The molecule has 16 heavy (non-hydrogen) atoms. The van der Waals surface area contributed by atoms with Crippen LogP contribution in [-0.2, 0) is 0 Å². The van der Waals surface area contributed by atoms with Gasteiger partial charge in [-0.1, -0.05) is 18.2 Å². The molecule has 0 atom stereocenters. The Hall–Kier alpha value is -2.28. The van der Waals surface area contributed by atoms with Crippen molar-refractivity contribution in [2.75, 3.05) is 7.11 Å². The molecule has 0 saturated carbocycles. The first kappa shape index (κ1) is 11.8. The highest BCUT2D eigenvalue weighted by atomic mass is 16.5. The van der Waals surface area contributed by atoms with Gasteiger partial charge in [-0.2, -0.15) is 5.26 Å². The van der Waals surface area contributed by atoms with Crippen molar-refractivity contribution in [1.82, 2.24) is 0 Å². The van der Waals surface area contributed by atoms with E-state index in [1.807, 2.05) is 6.07 Å². The van der Waals surface area contributed by atoms with Crippen molar-refractivity contribution in [1.29, 1.82) is 5.26 Å². The van der Waals surface area contributed by atoms with Crippen molar-refractivity contribution in [3.8, 4) is 11.8 Å². The molecule has 0 aromatic heterocycles. The van der Waals surface area contributed by atoms with Crippen molar-refractivity contribution in [2.45, 2.75) is 6.42 Å². The number of benzene rings is 1. The number of rotatable bonds is 4. The smallest absolute Gasteiger partial charge is 0.339 e. The number of carboxylic acid groups (broad SMARTS) is 1. The minimum absolute atomic E-state index is 0.125. The number of nitrogens with zero attached hydrogens (tertiary/aromatic N) is 1. The van der Waals surface area contributed by atoms with Crippen LogP contribution in [0.25, 0.3) is 6.08 Å². The topological polar surface area (TPSA) is 70.3 Å². The lowest BCUT2D eigenvalue weighted by Crippen LogP contribution is -2.00. The molecule has 1 rings (SSSR count). The zero-order valence-corrected chi connectivity index (χ0v) is 8.80. The fourth-order valence-corrected chi connectivity index (χ4v) is 1.24. The van der Waals surface area contributed by atoms with Crippen molar-refractivity contribution in [3.05, 3.63) is 35.4 Å². The van der Waals surface area contributed by atoms with Gasteiger partial charge in [-0.3, -0.25) is 0 Å². The maximum Gasteiger partial charge on any atom is 0.339 e. The molecule has 82 valence electrons. The molecule has 0 heterocycles. The van der Waals surface area contributed by atoms with E-state index in [9.17, 15) is 4.79 Å². The molecule has 0 unspecified atom stereocenters. The summed E-state index contributed by atoms with van der Waals surface area (Å²) in [6.07, 6.45) is 3.77. The van der Waals surface area contributed by atoms with Gasteiger partial charge in [-0.15, -0.1) is 0 Å². The van der Waals surface area contributed by atoms with Crippen LogP contribution in [0.3, 0.4) is 0 Å². The van der Waals surface area contributed by atoms with Gasteiger partial charge in [0.1, 0.15) is 11.3 Å². The largest absolute Gasteiger partial charge is 0.496 e. The molecule has 0 amide bonds. The van der Waals surface area contributed by atoms with Crippen molar-refractivity contribution in [3.63, 3.8) is 0 Å². The van der Waals surface area contributed by atoms with E-state index >= 15 is 0 Å². The van der Waals surface area contributed by atoms with Crippen LogP contribution in [0.15, 0.2) is 24.3 Å². The summed E-state index contributed by atoms with van der Waals surface area (Å²) in [6.45, 7) is 0. The number of allylic oxidation sites excluding steroid dienone is 1. The number of hydrogen-bond donors (Lipinski definition) is 1. The SMILES string of the molecule is COc1cc(C=CCC#N)ccc1C(=O)O. The van der Waals surface area contributed by atoms with Gasteiger partial charge < -0.3 is 9.84 Å². The fraction of sp³-hybridized carbons (Fsp3) is 0.167. The molecule has 4 nitrogen and oxygen atoms in total. The molecule has 0 bridgehead atoms. The normalized spacial score (nSPS) is 10.0. The van der Waals surface area contributed by atoms with Gasteiger partial charge in [0.2, 0.25) is 0 Å². The molecular formula is C12H11NO3. The lowest BCUT2D eigenvalue weighted by atomic mass is 10.1. The molecule has 1 N–H and O–H groups in total. The highest BCUT2D eigenvalue weighted by Gasteiger charge is 2.09. The lowest BCUT2D eigenvalue weighted by molar-refractivity contribution is 0.0693. The molecule has 0 aliphatic rings. The monoisotopic (exact) mass is 217 g/mol. The van der Waals surface area contributed by atoms with E-state index in [-0.39, 0.29) is 5.56 Å². The second-order valence-electron chi connectivity index (χ2n) is 3.03.